The Balaban J connectivity index is 0.000000278. The molecule has 0 N–H and O–H groups in total. The van der Waals surface area contributed by atoms with Gasteiger partial charge in [0.25, 0.3) is 12.9 Å². The molecule has 0 aliphatic heterocycles. The Hall–Kier alpha value is -6.08. The molecule has 68 heavy (non-hydrogen) atoms. The van der Waals surface area contributed by atoms with Gasteiger partial charge in [-0.2, -0.15) is 18.3 Å². The van der Waals surface area contributed by atoms with E-state index < -0.39 is 11.9 Å². The molecule has 0 aliphatic rings. The summed E-state index contributed by atoms with van der Waals surface area (Å²) in [5, 5.41) is 19.6. The van der Waals surface area contributed by atoms with Gasteiger partial charge < -0.3 is 25.1 Å². The minimum atomic E-state index is -4.50. The van der Waals surface area contributed by atoms with Crippen LogP contribution >= 0.6 is 34.9 Å². The molecule has 11 nitrogen and oxygen atoms in total. The van der Waals surface area contributed by atoms with Gasteiger partial charge in [-0.3, -0.25) is 24.5 Å². The number of hydrogen-bond donors (Lipinski definition) is 0. The average molecular weight is 1060 g/mol. The van der Waals surface area contributed by atoms with E-state index in [9.17, 15) is 22.8 Å². The summed E-state index contributed by atoms with van der Waals surface area (Å²) in [6, 6.07) is 18.8. The van der Waals surface area contributed by atoms with E-state index in [0.29, 0.717) is 47.2 Å². The maximum Gasteiger partial charge on any atom is 2.00 e. The summed E-state index contributed by atoms with van der Waals surface area (Å²) >= 11 is 6.98. The van der Waals surface area contributed by atoms with Crippen molar-refractivity contribution in [3.8, 4) is 67.9 Å². The smallest absolute Gasteiger partial charge is 0.753 e. The van der Waals surface area contributed by atoms with Gasteiger partial charge in [0.05, 0.1) is 33.3 Å². The number of thiophene rings is 2. The minimum absolute atomic E-state index is 0. The average Bonchev–Trinajstić information content (AvgIpc) is 4.13. The fraction of sp³-hybridized carbons (Fsp3) is 0.280. The van der Waals surface area contributed by atoms with Gasteiger partial charge in [0.2, 0.25) is 0 Å². The van der Waals surface area contributed by atoms with Gasteiger partial charge >= 0.3 is 25.7 Å². The summed E-state index contributed by atoms with van der Waals surface area (Å²) in [5.41, 5.74) is 5.77. The number of thiocarbonyl (C=S) groups is 1. The van der Waals surface area contributed by atoms with E-state index >= 15 is 0 Å². The first-order valence-electron chi connectivity index (χ1n) is 21.5. The molecule has 7 heterocycles. The third kappa shape index (κ3) is 17.2. The van der Waals surface area contributed by atoms with Gasteiger partial charge in [-0.25, -0.2) is 4.98 Å². The van der Waals surface area contributed by atoms with E-state index in [2.05, 4.69) is 90.9 Å². The number of pyridine rings is 4. The molecule has 0 bridgehead atoms. The van der Waals surface area contributed by atoms with E-state index in [1.165, 1.54) is 67.4 Å². The summed E-state index contributed by atoms with van der Waals surface area (Å²) in [5.74, 6) is 6.97. The largest absolute Gasteiger partial charge is 2.00 e. The van der Waals surface area contributed by atoms with Gasteiger partial charge in [-0.1, -0.05) is 95.0 Å². The van der Waals surface area contributed by atoms with Crippen molar-refractivity contribution in [2.24, 2.45) is 0 Å². The Kier molecular flexibility index (Phi) is 23.2. The van der Waals surface area contributed by atoms with Crippen molar-refractivity contribution in [1.82, 2.24) is 30.1 Å². The van der Waals surface area contributed by atoms with E-state index in [-0.39, 0.29) is 30.9 Å². The first-order chi connectivity index (χ1) is 32.6. The summed E-state index contributed by atoms with van der Waals surface area (Å²) < 4.78 is 48.4. The number of alkyl halides is 3. The van der Waals surface area contributed by atoms with Crippen molar-refractivity contribution in [1.29, 1.82) is 0 Å². The zero-order chi connectivity index (χ0) is 47.9. The Morgan fingerprint density at radius 1 is 0.721 bits per heavy atom. The second kappa shape index (κ2) is 29.0. The number of ether oxygens (including phenoxy) is 2. The number of aromatic nitrogens is 6. The van der Waals surface area contributed by atoms with E-state index in [0.717, 1.165) is 52.6 Å². The normalized spacial score (nSPS) is 10.4. The van der Waals surface area contributed by atoms with Gasteiger partial charge in [0.15, 0.2) is 0 Å². The number of nitrogens with zero attached hydrogens (tertiary/aromatic N) is 7. The molecule has 0 atom stereocenters. The Morgan fingerprint density at radius 3 is 2.03 bits per heavy atom. The van der Waals surface area contributed by atoms with Crippen molar-refractivity contribution in [2.45, 2.75) is 90.7 Å². The summed E-state index contributed by atoms with van der Waals surface area (Å²) in [6.07, 6.45) is 13.7. The first-order valence-corrected chi connectivity index (χ1v) is 23.6. The molecular weight excluding hydrogens is 1020 g/mol. The molecule has 18 heteroatoms. The number of rotatable bonds is 19. The number of halogens is 3. The maximum atomic E-state index is 12.8. The summed E-state index contributed by atoms with van der Waals surface area (Å²) in [4.78, 5) is 41.3. The Labute approximate surface area is 419 Å². The van der Waals surface area contributed by atoms with Crippen LogP contribution in [0, 0.1) is 11.8 Å². The van der Waals surface area contributed by atoms with Crippen molar-refractivity contribution in [3.05, 3.63) is 129 Å². The van der Waals surface area contributed by atoms with Crippen LogP contribution in [0.25, 0.3) is 50.0 Å². The zero-order valence-electron chi connectivity index (χ0n) is 37.1. The quantitative estimate of drug-likeness (QED) is 0.0190. The Bertz CT molecular complexity index is 2780. The van der Waals surface area contributed by atoms with Gasteiger partial charge in [0, 0.05) is 47.2 Å². The fourth-order valence-corrected chi connectivity index (χ4v) is 8.47. The molecule has 0 saturated carbocycles. The molecule has 0 unspecified atom stereocenters. The third-order valence-electron chi connectivity index (χ3n) is 9.87. The minimum Gasteiger partial charge on any atom is -0.753 e. The molecule has 7 rings (SSSR count). The molecular formula is C50H46F3N7O4RuS3. The van der Waals surface area contributed by atoms with Crippen LogP contribution < -0.4 is 14.6 Å². The number of hydrogen-bond acceptors (Lipinski definition) is 12. The maximum absolute atomic E-state index is 12.8. The molecule has 0 aromatic carbocycles. The second-order valence-electron chi connectivity index (χ2n) is 14.8. The predicted octanol–water partition coefficient (Wildman–Crippen LogP) is 12.9. The van der Waals surface area contributed by atoms with Crippen molar-refractivity contribution in [2.75, 3.05) is 0 Å². The van der Waals surface area contributed by atoms with Crippen LogP contribution in [0.4, 0.5) is 13.2 Å². The van der Waals surface area contributed by atoms with Crippen LogP contribution in [0.1, 0.15) is 98.9 Å². The molecule has 7 aromatic rings. The van der Waals surface area contributed by atoms with Crippen LogP contribution in [0.2, 0.25) is 0 Å². The monoisotopic (exact) mass is 1060 g/mol. The molecule has 0 saturated heterocycles. The summed E-state index contributed by atoms with van der Waals surface area (Å²) in [6.45, 7) is 5.06. The van der Waals surface area contributed by atoms with Crippen molar-refractivity contribution < 1.29 is 51.7 Å². The predicted molar refractivity (Wildman–Crippen MR) is 260 cm³/mol. The number of carbonyl (C=O) groups excluding carboxylic acids is 2. The fourth-order valence-electron chi connectivity index (χ4n) is 6.72. The standard InChI is InChI=1S/C26H19N3O4S.C23H27F3N3S.CNS.Ru/c1-2-3-19-10-22(34-15-19)5-4-18-6-8-27-23(11-18)25-13-21(33-17-31)14-26(29-25)24-12-20(32-16-30)7-9-28-24;1-2-3-4-5-6-7-8-9-10-17-12-14-30-22(17)18-11-13-27-19(15-18)20-16-21(29-28-20)23(24,25)26;2-1-3;/h6-17H,2-3H2,1H3;11-16H,2-10H2,1H3;;/q;2*-1;+2. The van der Waals surface area contributed by atoms with Gasteiger partial charge in [-0.15, -0.1) is 22.7 Å². The van der Waals surface area contributed by atoms with E-state index in [4.69, 9.17) is 14.9 Å². The van der Waals surface area contributed by atoms with Crippen molar-refractivity contribution >= 4 is 53.0 Å². The molecule has 0 amide bonds. The molecule has 0 spiro atoms. The van der Waals surface area contributed by atoms with E-state index in [1.807, 2.05) is 18.2 Å². The molecule has 7 aromatic heterocycles. The molecule has 0 fully saturated rings. The summed E-state index contributed by atoms with van der Waals surface area (Å²) in [7, 11) is 0. The SMILES string of the molecule is CCCCCCCCCCc1ccsc1-c1ccnc(-c2cc(C(F)(F)F)n[n-]2)c1.CCCc1csc(C#Cc2ccnc(-c3cc(OC=O)cc(-c4cc(OC=O)ccn4)n3)c2)c1.[N-]=C=S.[Ru+2]. The number of aryl methyl sites for hydroxylation is 2. The first kappa shape index (κ1) is 54.5. The Morgan fingerprint density at radius 2 is 1.35 bits per heavy atom. The zero-order valence-corrected chi connectivity index (χ0v) is 41.3. The topological polar surface area (TPSA) is 153 Å². The molecule has 0 aliphatic carbocycles. The number of carbonyl (C=O) groups is 2. The third-order valence-corrected chi connectivity index (χ3v) is 11.8. The number of unbranched alkanes of at least 4 members (excludes halogenated alkanes) is 7. The number of isothiocyanates is 1. The van der Waals surface area contributed by atoms with Crippen LogP contribution in [0.5, 0.6) is 11.5 Å². The second-order valence-corrected chi connectivity index (χ2v) is 16.8. The van der Waals surface area contributed by atoms with Crippen LogP contribution in [0.3, 0.4) is 0 Å². The van der Waals surface area contributed by atoms with Crippen molar-refractivity contribution in [3.63, 3.8) is 0 Å². The van der Waals surface area contributed by atoms with E-state index in [1.54, 1.807) is 65.4 Å². The van der Waals surface area contributed by atoms with Gasteiger partial charge in [0.1, 0.15) is 17.2 Å². The molecule has 0 radical (unpaired) electrons. The van der Waals surface area contributed by atoms with Crippen LogP contribution in [-0.2, 0) is 48.1 Å². The van der Waals surface area contributed by atoms with Gasteiger partial charge in [-0.05, 0) is 95.2 Å². The van der Waals surface area contributed by atoms with Crippen LogP contribution in [0.15, 0.2) is 96.1 Å². The molecule has 352 valence electrons. The van der Waals surface area contributed by atoms with Crippen LogP contribution in [-0.4, -0.2) is 43.1 Å².